The summed E-state index contributed by atoms with van der Waals surface area (Å²) in [5.41, 5.74) is 4.57. The molecule has 0 spiro atoms. The molecule has 2 aromatic rings. The third-order valence-corrected chi connectivity index (χ3v) is 5.24. The molecule has 0 atom stereocenters. The Morgan fingerprint density at radius 3 is 2.24 bits per heavy atom. The van der Waals surface area contributed by atoms with Gasteiger partial charge in [0.25, 0.3) is 0 Å². The Hall–Kier alpha value is -2.41. The van der Waals surface area contributed by atoms with Crippen molar-refractivity contribution in [2.24, 2.45) is 0 Å². The van der Waals surface area contributed by atoms with E-state index in [4.69, 9.17) is 0 Å². The molecule has 6 nitrogen and oxygen atoms in total. The van der Waals surface area contributed by atoms with Crippen LogP contribution in [0.5, 0.6) is 0 Å². The summed E-state index contributed by atoms with van der Waals surface area (Å²) in [6.07, 6.45) is 1.66. The van der Waals surface area contributed by atoms with Crippen LogP contribution >= 0.6 is 0 Å². The summed E-state index contributed by atoms with van der Waals surface area (Å²) in [6.45, 7) is 6.60. The molecular formula is C18H22N2O4S. The van der Waals surface area contributed by atoms with Gasteiger partial charge >= 0.3 is 5.69 Å². The predicted molar refractivity (Wildman–Crippen MR) is 99.1 cm³/mol. The van der Waals surface area contributed by atoms with Crippen molar-refractivity contribution in [2.75, 3.05) is 18.1 Å². The van der Waals surface area contributed by atoms with Gasteiger partial charge in [0.05, 0.1) is 4.92 Å². The molecular weight excluding hydrogens is 340 g/mol. The number of rotatable bonds is 6. The van der Waals surface area contributed by atoms with Gasteiger partial charge in [0.2, 0.25) is 0 Å². The molecule has 25 heavy (non-hydrogen) atoms. The second kappa shape index (κ2) is 7.23. The molecule has 0 saturated carbocycles. The summed E-state index contributed by atoms with van der Waals surface area (Å²) in [6, 6.07) is 8.51. The van der Waals surface area contributed by atoms with Gasteiger partial charge < -0.3 is 5.32 Å². The van der Waals surface area contributed by atoms with E-state index in [1.54, 1.807) is 0 Å². The van der Waals surface area contributed by atoms with E-state index in [1.807, 2.05) is 20.8 Å². The Balaban J connectivity index is 2.26. The molecule has 1 N–H and O–H groups in total. The summed E-state index contributed by atoms with van der Waals surface area (Å²) < 4.78 is 23.6. The Kier molecular flexibility index (Phi) is 5.47. The molecule has 2 rings (SSSR count). The van der Waals surface area contributed by atoms with Crippen LogP contribution < -0.4 is 5.32 Å². The van der Waals surface area contributed by atoms with E-state index in [9.17, 15) is 18.5 Å². The highest BCUT2D eigenvalue weighted by Crippen LogP contribution is 2.32. The van der Waals surface area contributed by atoms with Crippen LogP contribution in [0.25, 0.3) is 0 Å². The average Bonchev–Trinajstić information content (AvgIpc) is 2.48. The number of nitro groups is 1. The summed E-state index contributed by atoms with van der Waals surface area (Å²) in [4.78, 5) is 10.4. The molecule has 0 aliphatic rings. The van der Waals surface area contributed by atoms with Gasteiger partial charge in [-0.1, -0.05) is 23.8 Å². The van der Waals surface area contributed by atoms with Crippen molar-refractivity contribution >= 4 is 21.2 Å². The SMILES string of the molecule is Cc1cc(C)c(CCNc2cccc(S(C)(=O)=O)c2[N+](=O)[O-])c(C)c1. The van der Waals surface area contributed by atoms with E-state index in [1.165, 1.54) is 40.5 Å². The molecule has 0 aliphatic heterocycles. The zero-order valence-corrected chi connectivity index (χ0v) is 15.6. The fraction of sp³-hybridized carbons (Fsp3) is 0.333. The van der Waals surface area contributed by atoms with Gasteiger partial charge in [-0.15, -0.1) is 0 Å². The monoisotopic (exact) mass is 362 g/mol. The Bertz CT molecular complexity index is 898. The molecule has 0 aliphatic carbocycles. The second-order valence-corrected chi connectivity index (χ2v) is 8.22. The molecule has 0 bridgehead atoms. The van der Waals surface area contributed by atoms with Crippen molar-refractivity contribution in [3.05, 3.63) is 62.7 Å². The first-order valence-electron chi connectivity index (χ1n) is 7.89. The lowest BCUT2D eigenvalue weighted by Gasteiger charge is -2.13. The molecule has 0 aromatic heterocycles. The number of nitrogens with one attached hydrogen (secondary N) is 1. The van der Waals surface area contributed by atoms with Crippen LogP contribution in [0.15, 0.2) is 35.2 Å². The van der Waals surface area contributed by atoms with E-state index in [2.05, 4.69) is 17.4 Å². The van der Waals surface area contributed by atoms with E-state index in [0.29, 0.717) is 13.0 Å². The lowest BCUT2D eigenvalue weighted by atomic mass is 9.97. The number of sulfone groups is 1. The fourth-order valence-corrected chi connectivity index (χ4v) is 3.94. The first-order valence-corrected chi connectivity index (χ1v) is 9.78. The van der Waals surface area contributed by atoms with Crippen LogP contribution in [-0.2, 0) is 16.3 Å². The van der Waals surface area contributed by atoms with Gasteiger partial charge in [-0.3, -0.25) is 10.1 Å². The highest BCUT2D eigenvalue weighted by atomic mass is 32.2. The third kappa shape index (κ3) is 4.36. The lowest BCUT2D eigenvalue weighted by molar-refractivity contribution is -0.386. The van der Waals surface area contributed by atoms with Crippen molar-refractivity contribution in [3.8, 4) is 0 Å². The van der Waals surface area contributed by atoms with Gasteiger partial charge in [-0.25, -0.2) is 8.42 Å². The number of nitrogens with zero attached hydrogens (tertiary/aromatic N) is 1. The number of nitro benzene ring substituents is 1. The van der Waals surface area contributed by atoms with Crippen LogP contribution in [-0.4, -0.2) is 26.1 Å². The summed E-state index contributed by atoms with van der Waals surface area (Å²) in [5.74, 6) is 0. The maximum Gasteiger partial charge on any atom is 0.310 e. The van der Waals surface area contributed by atoms with E-state index < -0.39 is 20.4 Å². The molecule has 0 radical (unpaired) electrons. The maximum atomic E-state index is 11.8. The highest BCUT2D eigenvalue weighted by molar-refractivity contribution is 7.90. The number of hydrogen-bond acceptors (Lipinski definition) is 5. The molecule has 7 heteroatoms. The Morgan fingerprint density at radius 1 is 1.12 bits per heavy atom. The summed E-state index contributed by atoms with van der Waals surface area (Å²) in [5, 5.41) is 14.4. The summed E-state index contributed by atoms with van der Waals surface area (Å²) in [7, 11) is -3.68. The largest absolute Gasteiger partial charge is 0.379 e. The number of anilines is 1. The van der Waals surface area contributed by atoms with Crippen molar-refractivity contribution in [2.45, 2.75) is 32.1 Å². The maximum absolute atomic E-state index is 11.8. The van der Waals surface area contributed by atoms with E-state index in [0.717, 1.165) is 6.26 Å². The Morgan fingerprint density at radius 2 is 1.72 bits per heavy atom. The van der Waals surface area contributed by atoms with Gasteiger partial charge in [0.15, 0.2) is 9.84 Å². The standard InChI is InChI=1S/C18H22N2O4S/c1-12-10-13(2)15(14(3)11-12)8-9-19-16-6-5-7-17(25(4,23)24)18(16)20(21)22/h5-7,10-11,19H,8-9H2,1-4H3. The molecule has 0 heterocycles. The van der Waals surface area contributed by atoms with E-state index >= 15 is 0 Å². The van der Waals surface area contributed by atoms with Gasteiger partial charge in [-0.2, -0.15) is 0 Å². The number of para-hydroxylation sites is 1. The van der Waals surface area contributed by atoms with Crippen LogP contribution in [0.4, 0.5) is 11.4 Å². The molecule has 2 aromatic carbocycles. The molecule has 0 unspecified atom stereocenters. The van der Waals surface area contributed by atoms with Crippen LogP contribution in [0.1, 0.15) is 22.3 Å². The normalized spacial score (nSPS) is 11.4. The molecule has 0 amide bonds. The second-order valence-electron chi connectivity index (χ2n) is 6.24. The zero-order valence-electron chi connectivity index (χ0n) is 14.8. The molecule has 0 fully saturated rings. The minimum atomic E-state index is -3.68. The number of hydrogen-bond donors (Lipinski definition) is 1. The van der Waals surface area contributed by atoms with Gasteiger partial charge in [-0.05, 0) is 56.0 Å². The smallest absolute Gasteiger partial charge is 0.310 e. The average molecular weight is 362 g/mol. The van der Waals surface area contributed by atoms with Crippen LogP contribution in [0, 0.1) is 30.9 Å². The van der Waals surface area contributed by atoms with Crippen molar-refractivity contribution in [1.82, 2.24) is 0 Å². The minimum Gasteiger partial charge on any atom is -0.379 e. The number of aryl methyl sites for hydroxylation is 3. The summed E-state index contributed by atoms with van der Waals surface area (Å²) >= 11 is 0. The zero-order chi connectivity index (χ0) is 18.8. The predicted octanol–water partition coefficient (Wildman–Crippen LogP) is 3.58. The molecule has 134 valence electrons. The lowest BCUT2D eigenvalue weighted by Crippen LogP contribution is -2.11. The van der Waals surface area contributed by atoms with Crippen LogP contribution in [0.2, 0.25) is 0 Å². The van der Waals surface area contributed by atoms with Gasteiger partial charge in [0.1, 0.15) is 10.6 Å². The topological polar surface area (TPSA) is 89.3 Å². The third-order valence-electron chi connectivity index (χ3n) is 4.11. The first kappa shape index (κ1) is 18.9. The first-order chi connectivity index (χ1) is 11.6. The highest BCUT2D eigenvalue weighted by Gasteiger charge is 2.25. The quantitative estimate of drug-likeness (QED) is 0.627. The Labute approximate surface area is 148 Å². The van der Waals surface area contributed by atoms with Crippen molar-refractivity contribution in [3.63, 3.8) is 0 Å². The number of benzene rings is 2. The van der Waals surface area contributed by atoms with Crippen molar-refractivity contribution < 1.29 is 13.3 Å². The van der Waals surface area contributed by atoms with E-state index in [-0.39, 0.29) is 10.6 Å². The van der Waals surface area contributed by atoms with Gasteiger partial charge in [0, 0.05) is 12.8 Å². The fourth-order valence-electron chi connectivity index (χ4n) is 3.08. The molecule has 0 saturated heterocycles. The van der Waals surface area contributed by atoms with Crippen LogP contribution in [0.3, 0.4) is 0 Å². The van der Waals surface area contributed by atoms with Crippen molar-refractivity contribution in [1.29, 1.82) is 0 Å². The minimum absolute atomic E-state index is 0.218.